The zero-order chi connectivity index (χ0) is 21.5. The van der Waals surface area contributed by atoms with Gasteiger partial charge in [-0.3, -0.25) is 4.72 Å². The number of hydrogen-bond acceptors (Lipinski definition) is 5. The molecular weight excluding hydrogens is 400 g/mol. The molecule has 0 unspecified atom stereocenters. The van der Waals surface area contributed by atoms with Crippen molar-refractivity contribution in [3.63, 3.8) is 0 Å². The maximum absolute atomic E-state index is 13.1. The summed E-state index contributed by atoms with van der Waals surface area (Å²) >= 11 is 0. The van der Waals surface area contributed by atoms with Crippen LogP contribution < -0.4 is 4.72 Å². The van der Waals surface area contributed by atoms with Gasteiger partial charge in [0.2, 0.25) is 0 Å². The van der Waals surface area contributed by atoms with Gasteiger partial charge in [-0.25, -0.2) is 13.1 Å². The molecule has 0 spiro atoms. The van der Waals surface area contributed by atoms with Gasteiger partial charge in [-0.05, 0) is 70.4 Å². The molecule has 0 saturated carbocycles. The second-order valence-electron chi connectivity index (χ2n) is 7.58. The molecule has 1 N–H and O–H groups in total. The summed E-state index contributed by atoms with van der Waals surface area (Å²) in [5, 5.41) is 8.44. The molecule has 0 atom stereocenters. The zero-order valence-electron chi connectivity index (χ0n) is 17.4. The van der Waals surface area contributed by atoms with Gasteiger partial charge >= 0.3 is 0 Å². The van der Waals surface area contributed by atoms with E-state index in [1.807, 2.05) is 39.8 Å². The summed E-state index contributed by atoms with van der Waals surface area (Å²) in [6, 6.07) is 8.69. The van der Waals surface area contributed by atoms with Crippen LogP contribution in [0.25, 0.3) is 16.9 Å². The Morgan fingerprint density at radius 2 is 1.77 bits per heavy atom. The molecule has 0 saturated heterocycles. The summed E-state index contributed by atoms with van der Waals surface area (Å²) in [5.74, 6) is 1.11. The lowest BCUT2D eigenvalue weighted by atomic mass is 10.0. The Bertz CT molecular complexity index is 1240. The van der Waals surface area contributed by atoms with Crippen LogP contribution in [0, 0.1) is 20.8 Å². The minimum atomic E-state index is -3.79. The van der Waals surface area contributed by atoms with Gasteiger partial charge < -0.3 is 4.52 Å². The van der Waals surface area contributed by atoms with Crippen molar-refractivity contribution in [3.05, 3.63) is 70.9 Å². The molecule has 2 aromatic heterocycles. The summed E-state index contributed by atoms with van der Waals surface area (Å²) in [4.78, 5) is 0.173. The lowest BCUT2D eigenvalue weighted by Gasteiger charge is -2.16. The van der Waals surface area contributed by atoms with Crippen molar-refractivity contribution in [2.75, 3.05) is 0 Å². The van der Waals surface area contributed by atoms with Gasteiger partial charge in [-0.2, -0.15) is 5.10 Å². The van der Waals surface area contributed by atoms with Crippen molar-refractivity contribution in [2.45, 2.75) is 45.4 Å². The van der Waals surface area contributed by atoms with Crippen molar-refractivity contribution < 1.29 is 12.9 Å². The summed E-state index contributed by atoms with van der Waals surface area (Å²) in [6.07, 6.45) is 5.40. The van der Waals surface area contributed by atoms with Gasteiger partial charge in [-0.1, -0.05) is 28.9 Å². The number of nitrogens with zero attached hydrogens (tertiary/aromatic N) is 3. The fourth-order valence-corrected chi connectivity index (χ4v) is 4.65. The van der Waals surface area contributed by atoms with E-state index >= 15 is 0 Å². The van der Waals surface area contributed by atoms with Crippen molar-refractivity contribution in [2.24, 2.45) is 0 Å². The van der Waals surface area contributed by atoms with E-state index in [9.17, 15) is 8.42 Å². The molecule has 0 fully saturated rings. The molecule has 3 aromatic rings. The van der Waals surface area contributed by atoms with Crippen LogP contribution in [0.2, 0.25) is 0 Å². The Morgan fingerprint density at radius 3 is 2.43 bits per heavy atom. The third-order valence-electron chi connectivity index (χ3n) is 5.16. The fourth-order valence-electron chi connectivity index (χ4n) is 3.61. The van der Waals surface area contributed by atoms with Crippen LogP contribution in [0.15, 0.2) is 57.5 Å². The highest BCUT2D eigenvalue weighted by atomic mass is 32.2. The standard InChI is InChI=1S/C22H24N4O3S/c1-14-5-9-19-13-15(2)23-26(19)21(12-6-14)25-30(27,28)20-10-7-18(8-11-20)22-16(3)24-29-17(22)4/h6-8,10-13,25H,5,9H2,1-4H3. The number of fused-ring (bicyclic) bond motifs is 1. The van der Waals surface area contributed by atoms with Crippen LogP contribution in [0.1, 0.15) is 36.2 Å². The van der Waals surface area contributed by atoms with E-state index in [-0.39, 0.29) is 4.90 Å². The van der Waals surface area contributed by atoms with Crippen molar-refractivity contribution >= 4 is 15.8 Å². The van der Waals surface area contributed by atoms with E-state index in [4.69, 9.17) is 4.52 Å². The Morgan fingerprint density at radius 1 is 1.03 bits per heavy atom. The summed E-state index contributed by atoms with van der Waals surface area (Å²) < 4.78 is 35.8. The Kier molecular flexibility index (Phi) is 5.11. The van der Waals surface area contributed by atoms with Gasteiger partial charge in [0, 0.05) is 11.3 Å². The number of allylic oxidation sites excluding steroid dienone is 3. The smallest absolute Gasteiger partial charge is 0.263 e. The first-order chi connectivity index (χ1) is 14.2. The van der Waals surface area contributed by atoms with E-state index in [0.717, 1.165) is 41.1 Å². The summed E-state index contributed by atoms with van der Waals surface area (Å²) in [5.41, 5.74) is 5.51. The quantitative estimate of drug-likeness (QED) is 0.680. The van der Waals surface area contributed by atoms with Crippen LogP contribution >= 0.6 is 0 Å². The predicted molar refractivity (Wildman–Crippen MR) is 115 cm³/mol. The van der Waals surface area contributed by atoms with Crippen LogP contribution in [-0.2, 0) is 16.4 Å². The SMILES string of the molecule is CC1=CC=C(NS(=O)(=O)c2ccc(-c3c(C)noc3C)cc2)n2nc(C)cc2CC1. The molecule has 8 heteroatoms. The zero-order valence-corrected chi connectivity index (χ0v) is 18.2. The number of nitrogens with one attached hydrogen (secondary N) is 1. The van der Waals surface area contributed by atoms with Crippen LogP contribution in [-0.4, -0.2) is 23.4 Å². The Hall–Kier alpha value is -3.13. The highest BCUT2D eigenvalue weighted by molar-refractivity contribution is 7.89. The Balaban J connectivity index is 1.67. The van der Waals surface area contributed by atoms with Crippen LogP contribution in [0.5, 0.6) is 0 Å². The molecule has 0 radical (unpaired) electrons. The molecule has 3 heterocycles. The minimum absolute atomic E-state index is 0.173. The van der Waals surface area contributed by atoms with E-state index < -0.39 is 10.0 Å². The molecule has 0 amide bonds. The fraction of sp³-hybridized carbons (Fsp3) is 0.273. The average Bonchev–Trinajstić information content (AvgIpc) is 3.23. The van der Waals surface area contributed by atoms with E-state index in [1.54, 1.807) is 35.0 Å². The number of benzene rings is 1. The van der Waals surface area contributed by atoms with Crippen molar-refractivity contribution in [1.29, 1.82) is 0 Å². The maximum Gasteiger partial charge on any atom is 0.263 e. The molecule has 156 valence electrons. The molecule has 30 heavy (non-hydrogen) atoms. The highest BCUT2D eigenvalue weighted by Gasteiger charge is 2.20. The minimum Gasteiger partial charge on any atom is -0.361 e. The lowest BCUT2D eigenvalue weighted by molar-refractivity contribution is 0.393. The molecule has 0 bridgehead atoms. The topological polar surface area (TPSA) is 90.0 Å². The predicted octanol–water partition coefficient (Wildman–Crippen LogP) is 4.13. The molecule has 1 aliphatic rings. The molecular formula is C22H24N4O3S. The normalized spacial score (nSPS) is 14.4. The van der Waals surface area contributed by atoms with E-state index in [1.165, 1.54) is 5.57 Å². The number of hydrogen-bond donors (Lipinski definition) is 1. The summed E-state index contributed by atoms with van der Waals surface area (Å²) in [7, 11) is -3.79. The van der Waals surface area contributed by atoms with Gasteiger partial charge in [0.1, 0.15) is 11.6 Å². The largest absolute Gasteiger partial charge is 0.361 e. The first kappa shape index (κ1) is 20.2. The van der Waals surface area contributed by atoms with Crippen molar-refractivity contribution in [1.82, 2.24) is 19.7 Å². The third kappa shape index (κ3) is 3.82. The van der Waals surface area contributed by atoms with Gasteiger partial charge in [-0.15, -0.1) is 0 Å². The molecule has 4 rings (SSSR count). The van der Waals surface area contributed by atoms with Crippen molar-refractivity contribution in [3.8, 4) is 11.1 Å². The molecule has 7 nitrogen and oxygen atoms in total. The van der Waals surface area contributed by atoms with Crippen LogP contribution in [0.4, 0.5) is 0 Å². The first-order valence-electron chi connectivity index (χ1n) is 9.74. The van der Waals surface area contributed by atoms with Gasteiger partial charge in [0.05, 0.1) is 16.3 Å². The van der Waals surface area contributed by atoms with E-state index in [0.29, 0.717) is 11.6 Å². The summed E-state index contributed by atoms with van der Waals surface area (Å²) in [6.45, 7) is 7.63. The first-order valence-corrected chi connectivity index (χ1v) is 11.2. The lowest BCUT2D eigenvalue weighted by Crippen LogP contribution is -2.27. The second kappa shape index (κ2) is 7.60. The monoisotopic (exact) mass is 424 g/mol. The Labute approximate surface area is 176 Å². The second-order valence-corrected chi connectivity index (χ2v) is 9.27. The number of aromatic nitrogens is 3. The number of rotatable bonds is 4. The van der Waals surface area contributed by atoms with E-state index in [2.05, 4.69) is 15.0 Å². The number of aryl methyl sites for hydroxylation is 4. The van der Waals surface area contributed by atoms with Gasteiger partial charge in [0.25, 0.3) is 10.0 Å². The van der Waals surface area contributed by atoms with Gasteiger partial charge in [0.15, 0.2) is 0 Å². The molecule has 0 aliphatic carbocycles. The average molecular weight is 425 g/mol. The molecule has 1 aliphatic heterocycles. The maximum atomic E-state index is 13.1. The highest BCUT2D eigenvalue weighted by Crippen LogP contribution is 2.28. The molecule has 1 aromatic carbocycles. The number of sulfonamides is 1. The third-order valence-corrected chi connectivity index (χ3v) is 6.53. The van der Waals surface area contributed by atoms with Crippen LogP contribution in [0.3, 0.4) is 0 Å².